The fourth-order valence-corrected chi connectivity index (χ4v) is 2.51. The molecule has 1 aromatic rings. The molecule has 0 aliphatic rings. The number of carbonyl (C=O) groups is 1. The van der Waals surface area contributed by atoms with E-state index >= 15 is 0 Å². The number of carbonyl (C=O) groups excluding carboxylic acids is 1. The van der Waals surface area contributed by atoms with Crippen molar-refractivity contribution in [1.82, 2.24) is 0 Å². The summed E-state index contributed by atoms with van der Waals surface area (Å²) >= 11 is 0. The Balaban J connectivity index is 3.15. The number of anilines is 1. The van der Waals surface area contributed by atoms with Crippen molar-refractivity contribution >= 4 is 31.3 Å². The Morgan fingerprint density at radius 2 is 1.95 bits per heavy atom. The summed E-state index contributed by atoms with van der Waals surface area (Å²) in [7, 11) is 1.45. The minimum Gasteiger partial charge on any atom is -0.492 e. The molecule has 0 unspecified atom stereocenters. The van der Waals surface area contributed by atoms with Crippen LogP contribution in [0, 0.1) is 5.41 Å². The summed E-state index contributed by atoms with van der Waals surface area (Å²) in [6, 6.07) is 4.37. The van der Waals surface area contributed by atoms with Crippen molar-refractivity contribution in [2.45, 2.75) is 39.0 Å². The number of rotatable bonds is 6. The molecule has 0 saturated heterocycles. The van der Waals surface area contributed by atoms with Crippen LogP contribution in [0.15, 0.2) is 23.1 Å². The maximum atomic E-state index is 12.1. The van der Waals surface area contributed by atoms with Crippen LogP contribution in [0.5, 0.6) is 5.75 Å². The number of benzene rings is 1. The van der Waals surface area contributed by atoms with E-state index in [1.807, 2.05) is 20.8 Å². The largest absolute Gasteiger partial charge is 0.492 e. The Labute approximate surface area is 130 Å². The second-order valence-electron chi connectivity index (χ2n) is 5.22. The van der Waals surface area contributed by atoms with Gasteiger partial charge in [-0.15, -0.1) is 0 Å². The lowest BCUT2D eigenvalue weighted by molar-refractivity contribution is -0.124. The summed E-state index contributed by atoms with van der Waals surface area (Å²) in [4.78, 5) is 12.0. The summed E-state index contributed by atoms with van der Waals surface area (Å²) < 4.78 is 28.4. The highest BCUT2D eigenvalue weighted by molar-refractivity contribution is 8.13. The van der Waals surface area contributed by atoms with Gasteiger partial charge in [-0.3, -0.25) is 4.79 Å². The average molecular weight is 334 g/mol. The van der Waals surface area contributed by atoms with Crippen LogP contribution in [0.25, 0.3) is 0 Å². The summed E-state index contributed by atoms with van der Waals surface area (Å²) in [6.07, 6.45) is 0.663. The fourth-order valence-electron chi connectivity index (χ4n) is 1.51. The predicted molar refractivity (Wildman–Crippen MR) is 83.4 cm³/mol. The zero-order valence-electron chi connectivity index (χ0n) is 12.6. The predicted octanol–water partition coefficient (Wildman–Crippen LogP) is 3.39. The van der Waals surface area contributed by atoms with Gasteiger partial charge in [0.15, 0.2) is 0 Å². The van der Waals surface area contributed by atoms with Gasteiger partial charge in [-0.25, -0.2) is 8.42 Å². The molecule has 0 radical (unpaired) electrons. The zero-order valence-corrected chi connectivity index (χ0v) is 14.1. The van der Waals surface area contributed by atoms with Crippen molar-refractivity contribution in [1.29, 1.82) is 0 Å². The Morgan fingerprint density at radius 1 is 1.33 bits per heavy atom. The molecule has 0 spiro atoms. The fraction of sp³-hybridized carbons (Fsp3) is 0.500. The van der Waals surface area contributed by atoms with Crippen LogP contribution < -0.4 is 10.1 Å². The lowest BCUT2D eigenvalue weighted by Crippen LogP contribution is -2.30. The lowest BCUT2D eigenvalue weighted by atomic mass is 9.89. The van der Waals surface area contributed by atoms with Crippen LogP contribution >= 0.6 is 10.7 Å². The standard InChI is InChI=1S/C14H20ClNO4S/c1-5-14(3,4)13(17)16-10-7-8-11(20-6-2)12(9-10)21(15,18)19/h7-9H,5-6H2,1-4H3,(H,16,17). The van der Waals surface area contributed by atoms with E-state index in [1.54, 1.807) is 13.0 Å². The highest BCUT2D eigenvalue weighted by Crippen LogP contribution is 2.31. The zero-order chi connectivity index (χ0) is 16.3. The molecule has 0 aliphatic carbocycles. The third-order valence-electron chi connectivity index (χ3n) is 3.26. The maximum absolute atomic E-state index is 12.1. The van der Waals surface area contributed by atoms with Crippen molar-refractivity contribution in [3.63, 3.8) is 0 Å². The quantitative estimate of drug-likeness (QED) is 0.810. The van der Waals surface area contributed by atoms with Crippen LogP contribution in [0.3, 0.4) is 0 Å². The average Bonchev–Trinajstić information content (AvgIpc) is 2.39. The Kier molecular flexibility index (Phi) is 5.64. The number of amides is 1. The molecule has 1 rings (SSSR count). The molecule has 0 aromatic heterocycles. The topological polar surface area (TPSA) is 72.5 Å². The monoisotopic (exact) mass is 333 g/mol. The van der Waals surface area contributed by atoms with Crippen LogP contribution in [0.2, 0.25) is 0 Å². The minimum absolute atomic E-state index is 0.155. The molecule has 1 amide bonds. The number of ether oxygens (including phenoxy) is 1. The van der Waals surface area contributed by atoms with Crippen LogP contribution in [0.4, 0.5) is 5.69 Å². The molecule has 21 heavy (non-hydrogen) atoms. The first kappa shape index (κ1) is 17.8. The molecule has 118 valence electrons. The summed E-state index contributed by atoms with van der Waals surface area (Å²) in [6.45, 7) is 7.59. The van der Waals surface area contributed by atoms with Gasteiger partial charge in [0.2, 0.25) is 5.91 Å². The van der Waals surface area contributed by atoms with E-state index < -0.39 is 14.5 Å². The van der Waals surface area contributed by atoms with Gasteiger partial charge in [-0.05, 0) is 31.5 Å². The smallest absolute Gasteiger partial charge is 0.265 e. The Morgan fingerprint density at radius 3 is 2.43 bits per heavy atom. The van der Waals surface area contributed by atoms with E-state index in [9.17, 15) is 13.2 Å². The first-order chi connectivity index (χ1) is 9.61. The highest BCUT2D eigenvalue weighted by Gasteiger charge is 2.26. The van der Waals surface area contributed by atoms with Crippen LogP contribution in [-0.4, -0.2) is 20.9 Å². The van der Waals surface area contributed by atoms with E-state index in [2.05, 4.69) is 5.32 Å². The van der Waals surface area contributed by atoms with Crippen molar-refractivity contribution in [2.75, 3.05) is 11.9 Å². The van der Waals surface area contributed by atoms with Crippen molar-refractivity contribution in [3.05, 3.63) is 18.2 Å². The SMILES string of the molecule is CCOc1ccc(NC(=O)C(C)(C)CC)cc1S(=O)(=O)Cl. The minimum atomic E-state index is -3.96. The van der Waals surface area contributed by atoms with Crippen molar-refractivity contribution < 1.29 is 17.9 Å². The first-order valence-electron chi connectivity index (χ1n) is 6.64. The van der Waals surface area contributed by atoms with Crippen molar-refractivity contribution in [2.24, 2.45) is 5.41 Å². The van der Waals surface area contributed by atoms with Gasteiger partial charge in [-0.1, -0.05) is 20.8 Å². The van der Waals surface area contributed by atoms with E-state index in [4.69, 9.17) is 15.4 Å². The normalized spacial score (nSPS) is 12.0. The number of halogens is 1. The van der Waals surface area contributed by atoms with Gasteiger partial charge < -0.3 is 10.1 Å². The summed E-state index contributed by atoms with van der Waals surface area (Å²) in [5.41, 5.74) is -0.178. The maximum Gasteiger partial charge on any atom is 0.265 e. The molecule has 0 fully saturated rings. The third-order valence-corrected chi connectivity index (χ3v) is 4.61. The van der Waals surface area contributed by atoms with Gasteiger partial charge in [-0.2, -0.15) is 0 Å². The van der Waals surface area contributed by atoms with Gasteiger partial charge >= 0.3 is 0 Å². The number of nitrogens with one attached hydrogen (secondary N) is 1. The molecule has 0 bridgehead atoms. The van der Waals surface area contributed by atoms with Gasteiger partial charge in [0.1, 0.15) is 10.6 Å². The van der Waals surface area contributed by atoms with Crippen molar-refractivity contribution in [3.8, 4) is 5.75 Å². The molecule has 1 aromatic carbocycles. The molecule has 0 atom stereocenters. The van der Waals surface area contributed by atoms with Gasteiger partial charge in [0, 0.05) is 21.8 Å². The molecule has 0 heterocycles. The molecule has 0 saturated carbocycles. The molecular weight excluding hydrogens is 314 g/mol. The van der Waals surface area contributed by atoms with E-state index in [1.165, 1.54) is 12.1 Å². The van der Waals surface area contributed by atoms with E-state index in [-0.39, 0.29) is 16.6 Å². The second kappa shape index (κ2) is 6.66. The Hall–Kier alpha value is -1.27. The third kappa shape index (κ3) is 4.61. The van der Waals surface area contributed by atoms with Gasteiger partial charge in [0.05, 0.1) is 6.61 Å². The molecule has 1 N–H and O–H groups in total. The van der Waals surface area contributed by atoms with Gasteiger partial charge in [0.25, 0.3) is 9.05 Å². The molecule has 5 nitrogen and oxygen atoms in total. The molecular formula is C14H20ClNO4S. The highest BCUT2D eigenvalue weighted by atomic mass is 35.7. The van der Waals surface area contributed by atoms with E-state index in [0.717, 1.165) is 0 Å². The first-order valence-corrected chi connectivity index (χ1v) is 8.95. The second-order valence-corrected chi connectivity index (χ2v) is 7.76. The lowest BCUT2D eigenvalue weighted by Gasteiger charge is -2.21. The summed E-state index contributed by atoms with van der Waals surface area (Å²) in [5, 5.41) is 2.70. The summed E-state index contributed by atoms with van der Waals surface area (Å²) in [5.74, 6) is -0.0210. The molecule has 0 aliphatic heterocycles. The Bertz CT molecular complexity index is 626. The van der Waals surface area contributed by atoms with E-state index in [0.29, 0.717) is 18.7 Å². The van der Waals surface area contributed by atoms with Crippen LogP contribution in [-0.2, 0) is 13.8 Å². The number of hydrogen-bond donors (Lipinski definition) is 1. The van der Waals surface area contributed by atoms with Crippen LogP contribution in [0.1, 0.15) is 34.1 Å². The molecule has 7 heteroatoms. The number of hydrogen-bond acceptors (Lipinski definition) is 4.